The number of hydrogen-bond donors (Lipinski definition) is 2. The lowest BCUT2D eigenvalue weighted by atomic mass is 10.1. The van der Waals surface area contributed by atoms with Gasteiger partial charge in [0.15, 0.2) is 0 Å². The SMILES string of the molecule is Nc1ccc(C(=O)NCc2cccc(CN3CCOCC3)c2)cc1. The van der Waals surface area contributed by atoms with Gasteiger partial charge in [-0.15, -0.1) is 0 Å². The van der Waals surface area contributed by atoms with Crippen molar-refractivity contribution in [1.82, 2.24) is 10.2 Å². The van der Waals surface area contributed by atoms with Crippen molar-refractivity contribution in [1.29, 1.82) is 0 Å². The fourth-order valence-corrected chi connectivity index (χ4v) is 2.77. The summed E-state index contributed by atoms with van der Waals surface area (Å²) in [6, 6.07) is 15.3. The third-order valence-electron chi connectivity index (χ3n) is 4.13. The minimum Gasteiger partial charge on any atom is -0.399 e. The van der Waals surface area contributed by atoms with Crippen LogP contribution in [0.4, 0.5) is 5.69 Å². The zero-order valence-corrected chi connectivity index (χ0v) is 13.7. The van der Waals surface area contributed by atoms with Gasteiger partial charge in [0.25, 0.3) is 5.91 Å². The standard InChI is InChI=1S/C19H23N3O2/c20-18-6-4-17(5-7-18)19(23)21-13-15-2-1-3-16(12-15)14-22-8-10-24-11-9-22/h1-7,12H,8-11,13-14,20H2,(H,21,23). The highest BCUT2D eigenvalue weighted by Gasteiger charge is 2.11. The number of anilines is 1. The number of carbonyl (C=O) groups excluding carboxylic acids is 1. The van der Waals surface area contributed by atoms with E-state index in [0.29, 0.717) is 17.8 Å². The van der Waals surface area contributed by atoms with Crippen molar-refractivity contribution in [3.8, 4) is 0 Å². The van der Waals surface area contributed by atoms with Gasteiger partial charge in [-0.25, -0.2) is 0 Å². The molecular weight excluding hydrogens is 302 g/mol. The van der Waals surface area contributed by atoms with E-state index in [2.05, 4.69) is 22.3 Å². The van der Waals surface area contributed by atoms with Gasteiger partial charge < -0.3 is 15.8 Å². The number of nitrogens with zero attached hydrogens (tertiary/aromatic N) is 1. The summed E-state index contributed by atoms with van der Waals surface area (Å²) in [5.74, 6) is -0.0893. The number of nitrogen functional groups attached to an aromatic ring is 1. The van der Waals surface area contributed by atoms with Gasteiger partial charge in [-0.05, 0) is 35.4 Å². The monoisotopic (exact) mass is 325 g/mol. The van der Waals surface area contributed by atoms with E-state index >= 15 is 0 Å². The molecule has 126 valence electrons. The Balaban J connectivity index is 1.56. The third kappa shape index (κ3) is 4.57. The van der Waals surface area contributed by atoms with Gasteiger partial charge in [0.2, 0.25) is 0 Å². The maximum atomic E-state index is 12.2. The van der Waals surface area contributed by atoms with E-state index in [0.717, 1.165) is 38.4 Å². The molecule has 1 saturated heterocycles. The van der Waals surface area contributed by atoms with E-state index in [-0.39, 0.29) is 5.91 Å². The van der Waals surface area contributed by atoms with Crippen LogP contribution in [0.15, 0.2) is 48.5 Å². The van der Waals surface area contributed by atoms with Crippen molar-refractivity contribution in [2.75, 3.05) is 32.0 Å². The number of nitrogens with one attached hydrogen (secondary N) is 1. The second kappa shape index (κ2) is 7.95. The number of morpholine rings is 1. The molecule has 5 heteroatoms. The van der Waals surface area contributed by atoms with Crippen LogP contribution >= 0.6 is 0 Å². The van der Waals surface area contributed by atoms with Crippen LogP contribution in [0.5, 0.6) is 0 Å². The van der Waals surface area contributed by atoms with Gasteiger partial charge in [-0.3, -0.25) is 9.69 Å². The second-order valence-corrected chi connectivity index (χ2v) is 6.01. The van der Waals surface area contributed by atoms with Crippen molar-refractivity contribution < 1.29 is 9.53 Å². The first-order chi connectivity index (χ1) is 11.7. The number of nitrogens with two attached hydrogens (primary N) is 1. The number of amides is 1. The summed E-state index contributed by atoms with van der Waals surface area (Å²) in [4.78, 5) is 14.5. The quantitative estimate of drug-likeness (QED) is 0.826. The molecule has 1 heterocycles. The van der Waals surface area contributed by atoms with E-state index < -0.39 is 0 Å². The molecule has 0 saturated carbocycles. The molecule has 2 aromatic carbocycles. The molecule has 0 unspecified atom stereocenters. The smallest absolute Gasteiger partial charge is 0.251 e. The molecule has 0 bridgehead atoms. The van der Waals surface area contributed by atoms with Gasteiger partial charge in [-0.1, -0.05) is 24.3 Å². The lowest BCUT2D eigenvalue weighted by Gasteiger charge is -2.26. The molecule has 0 spiro atoms. The molecule has 1 amide bonds. The van der Waals surface area contributed by atoms with E-state index in [1.807, 2.05) is 12.1 Å². The highest BCUT2D eigenvalue weighted by Crippen LogP contribution is 2.11. The number of rotatable bonds is 5. The second-order valence-electron chi connectivity index (χ2n) is 6.01. The summed E-state index contributed by atoms with van der Waals surface area (Å²) in [5, 5.41) is 2.95. The summed E-state index contributed by atoms with van der Waals surface area (Å²) in [5.41, 5.74) is 9.28. The zero-order valence-electron chi connectivity index (χ0n) is 13.7. The molecule has 1 fully saturated rings. The summed E-state index contributed by atoms with van der Waals surface area (Å²) < 4.78 is 5.38. The lowest BCUT2D eigenvalue weighted by molar-refractivity contribution is 0.0342. The van der Waals surface area contributed by atoms with Gasteiger partial charge in [0.1, 0.15) is 0 Å². The molecule has 5 nitrogen and oxygen atoms in total. The molecular formula is C19H23N3O2. The molecule has 0 atom stereocenters. The Morgan fingerprint density at radius 2 is 1.79 bits per heavy atom. The molecule has 0 aliphatic carbocycles. The Bertz CT molecular complexity index is 679. The number of ether oxygens (including phenoxy) is 1. The van der Waals surface area contributed by atoms with Crippen molar-refractivity contribution in [3.63, 3.8) is 0 Å². The Labute approximate surface area is 142 Å². The average Bonchev–Trinajstić information content (AvgIpc) is 2.61. The highest BCUT2D eigenvalue weighted by molar-refractivity contribution is 5.94. The summed E-state index contributed by atoms with van der Waals surface area (Å²) in [6.07, 6.45) is 0. The summed E-state index contributed by atoms with van der Waals surface area (Å²) in [7, 11) is 0. The van der Waals surface area contributed by atoms with Gasteiger partial charge >= 0.3 is 0 Å². The van der Waals surface area contributed by atoms with Crippen LogP contribution < -0.4 is 11.1 Å². The molecule has 24 heavy (non-hydrogen) atoms. The van der Waals surface area contributed by atoms with Crippen LogP contribution in [-0.4, -0.2) is 37.1 Å². The van der Waals surface area contributed by atoms with Gasteiger partial charge in [0, 0.05) is 37.4 Å². The topological polar surface area (TPSA) is 67.6 Å². The zero-order chi connectivity index (χ0) is 16.8. The van der Waals surface area contributed by atoms with Crippen LogP contribution in [0.2, 0.25) is 0 Å². The Morgan fingerprint density at radius 3 is 2.54 bits per heavy atom. The lowest BCUT2D eigenvalue weighted by Crippen LogP contribution is -2.35. The third-order valence-corrected chi connectivity index (χ3v) is 4.13. The first-order valence-corrected chi connectivity index (χ1v) is 8.22. The minimum absolute atomic E-state index is 0.0893. The van der Waals surface area contributed by atoms with Crippen molar-refractivity contribution >= 4 is 11.6 Å². The molecule has 0 aromatic heterocycles. The number of benzene rings is 2. The van der Waals surface area contributed by atoms with E-state index in [1.165, 1.54) is 5.56 Å². The fourth-order valence-electron chi connectivity index (χ4n) is 2.77. The van der Waals surface area contributed by atoms with E-state index in [9.17, 15) is 4.79 Å². The van der Waals surface area contributed by atoms with Crippen LogP contribution in [-0.2, 0) is 17.8 Å². The molecule has 0 radical (unpaired) electrons. The Hall–Kier alpha value is -2.37. The normalized spacial score (nSPS) is 15.2. The van der Waals surface area contributed by atoms with E-state index in [4.69, 9.17) is 10.5 Å². The van der Waals surface area contributed by atoms with Gasteiger partial charge in [-0.2, -0.15) is 0 Å². The Morgan fingerprint density at radius 1 is 1.08 bits per heavy atom. The fraction of sp³-hybridized carbons (Fsp3) is 0.316. The summed E-state index contributed by atoms with van der Waals surface area (Å²) >= 11 is 0. The maximum absolute atomic E-state index is 12.2. The largest absolute Gasteiger partial charge is 0.399 e. The van der Waals surface area contributed by atoms with Crippen molar-refractivity contribution in [3.05, 3.63) is 65.2 Å². The Kier molecular flexibility index (Phi) is 5.46. The van der Waals surface area contributed by atoms with Crippen LogP contribution in [0.3, 0.4) is 0 Å². The molecule has 3 N–H and O–H groups in total. The maximum Gasteiger partial charge on any atom is 0.251 e. The highest BCUT2D eigenvalue weighted by atomic mass is 16.5. The number of carbonyl (C=O) groups is 1. The van der Waals surface area contributed by atoms with E-state index in [1.54, 1.807) is 24.3 Å². The van der Waals surface area contributed by atoms with Crippen LogP contribution in [0, 0.1) is 0 Å². The predicted molar refractivity (Wildman–Crippen MR) is 94.6 cm³/mol. The van der Waals surface area contributed by atoms with Crippen molar-refractivity contribution in [2.24, 2.45) is 0 Å². The first kappa shape index (κ1) is 16.5. The van der Waals surface area contributed by atoms with Gasteiger partial charge in [0.05, 0.1) is 13.2 Å². The average molecular weight is 325 g/mol. The first-order valence-electron chi connectivity index (χ1n) is 8.22. The molecule has 1 aliphatic rings. The van der Waals surface area contributed by atoms with Crippen LogP contribution in [0.1, 0.15) is 21.5 Å². The number of hydrogen-bond acceptors (Lipinski definition) is 4. The molecule has 3 rings (SSSR count). The minimum atomic E-state index is -0.0893. The van der Waals surface area contributed by atoms with Crippen molar-refractivity contribution in [2.45, 2.75) is 13.1 Å². The predicted octanol–water partition coefficient (Wildman–Crippen LogP) is 2.03. The summed E-state index contributed by atoms with van der Waals surface area (Å²) in [6.45, 7) is 4.98. The molecule has 2 aromatic rings. The van der Waals surface area contributed by atoms with Crippen LogP contribution in [0.25, 0.3) is 0 Å². The molecule has 1 aliphatic heterocycles.